The normalized spacial score (nSPS) is 23.2. The predicted octanol–water partition coefficient (Wildman–Crippen LogP) is 4.35. The van der Waals surface area contributed by atoms with Crippen molar-refractivity contribution in [1.82, 2.24) is 4.31 Å². The van der Waals surface area contributed by atoms with Gasteiger partial charge in [0.05, 0.1) is 4.90 Å². The topological polar surface area (TPSA) is 37.4 Å². The second kappa shape index (κ2) is 7.42. The van der Waals surface area contributed by atoms with E-state index in [0.29, 0.717) is 23.9 Å². The minimum Gasteiger partial charge on any atom is -0.207 e. The molecule has 0 aromatic heterocycles. The standard InChI is InChI=1S/C19H24ClNO2S/c1-2-15-7-9-17(10-8-15)24(22,23)21-13-11-16(12-14-21)18-5-3-4-6-19(18)20/h3,5-10,16,18H,2,4,11-14H2,1H3. The van der Waals surface area contributed by atoms with Crippen LogP contribution in [0.25, 0.3) is 0 Å². The Balaban J connectivity index is 1.68. The van der Waals surface area contributed by atoms with Crippen LogP contribution in [-0.2, 0) is 16.4 Å². The zero-order valence-corrected chi connectivity index (χ0v) is 15.6. The molecule has 1 fully saturated rings. The van der Waals surface area contributed by atoms with E-state index in [2.05, 4.69) is 25.2 Å². The lowest BCUT2D eigenvalue weighted by Crippen LogP contribution is -2.40. The SMILES string of the molecule is CCc1ccc(S(=O)(=O)N2CCC(C3C=CCC=C3Cl)CC2)cc1. The van der Waals surface area contributed by atoms with Gasteiger partial charge >= 0.3 is 0 Å². The van der Waals surface area contributed by atoms with E-state index in [1.54, 1.807) is 16.4 Å². The second-order valence-electron chi connectivity index (χ2n) is 6.52. The molecule has 1 aliphatic heterocycles. The van der Waals surface area contributed by atoms with Crippen LogP contribution in [-0.4, -0.2) is 25.8 Å². The Morgan fingerprint density at radius 3 is 2.42 bits per heavy atom. The number of benzene rings is 1. The minimum atomic E-state index is -3.39. The molecule has 1 aromatic carbocycles. The van der Waals surface area contributed by atoms with E-state index in [1.807, 2.05) is 12.1 Å². The molecular weight excluding hydrogens is 342 g/mol. The fourth-order valence-corrected chi connectivity index (χ4v) is 5.35. The molecule has 3 nitrogen and oxygen atoms in total. The van der Waals surface area contributed by atoms with E-state index in [-0.39, 0.29) is 5.92 Å². The molecule has 3 rings (SSSR count). The predicted molar refractivity (Wildman–Crippen MR) is 98.5 cm³/mol. The average molecular weight is 366 g/mol. The fourth-order valence-electron chi connectivity index (χ4n) is 3.54. The Morgan fingerprint density at radius 2 is 1.83 bits per heavy atom. The molecule has 0 bridgehead atoms. The first-order valence-electron chi connectivity index (χ1n) is 8.63. The smallest absolute Gasteiger partial charge is 0.207 e. The van der Waals surface area contributed by atoms with E-state index < -0.39 is 10.0 Å². The van der Waals surface area contributed by atoms with Crippen molar-refractivity contribution in [1.29, 1.82) is 0 Å². The summed E-state index contributed by atoms with van der Waals surface area (Å²) in [7, 11) is -3.39. The van der Waals surface area contributed by atoms with Crippen molar-refractivity contribution in [2.24, 2.45) is 11.8 Å². The first-order chi connectivity index (χ1) is 11.5. The van der Waals surface area contributed by atoms with Crippen molar-refractivity contribution in [3.63, 3.8) is 0 Å². The monoisotopic (exact) mass is 365 g/mol. The molecule has 0 saturated carbocycles. The number of hydrogen-bond acceptors (Lipinski definition) is 2. The van der Waals surface area contributed by atoms with Crippen LogP contribution in [0, 0.1) is 11.8 Å². The molecule has 1 heterocycles. The van der Waals surface area contributed by atoms with Crippen LogP contribution >= 0.6 is 11.6 Å². The highest BCUT2D eigenvalue weighted by molar-refractivity contribution is 7.89. The lowest BCUT2D eigenvalue weighted by molar-refractivity contribution is 0.248. The molecule has 0 spiro atoms. The lowest BCUT2D eigenvalue weighted by atomic mass is 9.82. The summed E-state index contributed by atoms with van der Waals surface area (Å²) in [4.78, 5) is 0.397. The molecule has 1 unspecified atom stereocenters. The molecule has 1 aromatic rings. The summed E-state index contributed by atoms with van der Waals surface area (Å²) in [6.45, 7) is 3.20. The van der Waals surface area contributed by atoms with Gasteiger partial charge in [-0.05, 0) is 49.3 Å². The largest absolute Gasteiger partial charge is 0.243 e. The quantitative estimate of drug-likeness (QED) is 0.744. The Bertz CT molecular complexity index is 729. The van der Waals surface area contributed by atoms with Gasteiger partial charge in [0, 0.05) is 24.0 Å². The molecule has 5 heteroatoms. The number of allylic oxidation sites excluding steroid dienone is 4. The summed E-state index contributed by atoms with van der Waals surface area (Å²) in [5.74, 6) is 0.688. The maximum atomic E-state index is 12.8. The summed E-state index contributed by atoms with van der Waals surface area (Å²) < 4.78 is 27.2. The highest BCUT2D eigenvalue weighted by Crippen LogP contribution is 2.36. The number of hydrogen-bond donors (Lipinski definition) is 0. The van der Waals surface area contributed by atoms with Gasteiger partial charge in [-0.1, -0.05) is 48.9 Å². The fraction of sp³-hybridized carbons (Fsp3) is 0.474. The zero-order valence-electron chi connectivity index (χ0n) is 14.0. The van der Waals surface area contributed by atoms with Crippen molar-refractivity contribution < 1.29 is 8.42 Å². The molecule has 0 radical (unpaired) electrons. The molecule has 130 valence electrons. The van der Waals surface area contributed by atoms with Crippen LogP contribution in [0.3, 0.4) is 0 Å². The van der Waals surface area contributed by atoms with E-state index in [0.717, 1.165) is 36.3 Å². The highest BCUT2D eigenvalue weighted by Gasteiger charge is 2.33. The number of halogens is 1. The number of rotatable bonds is 4. The molecule has 1 aliphatic carbocycles. The molecule has 1 saturated heterocycles. The first-order valence-corrected chi connectivity index (χ1v) is 10.5. The molecule has 1 atom stereocenters. The summed E-state index contributed by atoms with van der Waals surface area (Å²) >= 11 is 6.34. The third kappa shape index (κ3) is 3.61. The summed E-state index contributed by atoms with van der Waals surface area (Å²) in [6, 6.07) is 7.25. The van der Waals surface area contributed by atoms with E-state index >= 15 is 0 Å². The van der Waals surface area contributed by atoms with Crippen LogP contribution in [0.1, 0.15) is 31.7 Å². The average Bonchev–Trinajstić information content (AvgIpc) is 2.62. The van der Waals surface area contributed by atoms with Gasteiger partial charge in [-0.15, -0.1) is 0 Å². The van der Waals surface area contributed by atoms with Crippen LogP contribution in [0.15, 0.2) is 52.4 Å². The Labute approximate surface area is 150 Å². The van der Waals surface area contributed by atoms with Crippen molar-refractivity contribution in [3.05, 3.63) is 53.1 Å². The van der Waals surface area contributed by atoms with Gasteiger partial charge in [-0.25, -0.2) is 8.42 Å². The highest BCUT2D eigenvalue weighted by atomic mass is 35.5. The van der Waals surface area contributed by atoms with Gasteiger partial charge in [-0.3, -0.25) is 0 Å². The van der Waals surface area contributed by atoms with Crippen LogP contribution < -0.4 is 0 Å². The summed E-state index contributed by atoms with van der Waals surface area (Å²) in [6.07, 6.45) is 9.90. The number of piperidine rings is 1. The Hall–Kier alpha value is -1.10. The van der Waals surface area contributed by atoms with Crippen molar-refractivity contribution in [2.45, 2.75) is 37.5 Å². The maximum Gasteiger partial charge on any atom is 0.243 e. The maximum absolute atomic E-state index is 12.8. The van der Waals surface area contributed by atoms with Crippen molar-refractivity contribution >= 4 is 21.6 Å². The van der Waals surface area contributed by atoms with Gasteiger partial charge in [0.2, 0.25) is 10.0 Å². The van der Waals surface area contributed by atoms with Gasteiger partial charge in [0.1, 0.15) is 0 Å². The van der Waals surface area contributed by atoms with Crippen molar-refractivity contribution in [2.75, 3.05) is 13.1 Å². The Kier molecular flexibility index (Phi) is 5.48. The lowest BCUT2D eigenvalue weighted by Gasteiger charge is -2.35. The van der Waals surface area contributed by atoms with Gasteiger partial charge in [0.15, 0.2) is 0 Å². The first kappa shape index (κ1) is 17.7. The molecule has 24 heavy (non-hydrogen) atoms. The molecule has 0 amide bonds. The van der Waals surface area contributed by atoms with Crippen LogP contribution in [0.2, 0.25) is 0 Å². The van der Waals surface area contributed by atoms with E-state index in [1.165, 1.54) is 0 Å². The third-order valence-corrected chi connectivity index (χ3v) is 7.41. The summed E-state index contributed by atoms with van der Waals surface area (Å²) in [5, 5.41) is 0.911. The number of nitrogens with zero attached hydrogens (tertiary/aromatic N) is 1. The van der Waals surface area contributed by atoms with E-state index in [9.17, 15) is 8.42 Å². The van der Waals surface area contributed by atoms with E-state index in [4.69, 9.17) is 11.6 Å². The minimum absolute atomic E-state index is 0.258. The Morgan fingerprint density at radius 1 is 1.17 bits per heavy atom. The van der Waals surface area contributed by atoms with Gasteiger partial charge in [-0.2, -0.15) is 4.31 Å². The zero-order chi connectivity index (χ0) is 17.2. The van der Waals surface area contributed by atoms with Crippen LogP contribution in [0.5, 0.6) is 0 Å². The third-order valence-electron chi connectivity index (χ3n) is 5.09. The van der Waals surface area contributed by atoms with Crippen LogP contribution in [0.4, 0.5) is 0 Å². The van der Waals surface area contributed by atoms with Gasteiger partial charge in [0.25, 0.3) is 0 Å². The molecule has 2 aliphatic rings. The van der Waals surface area contributed by atoms with Gasteiger partial charge < -0.3 is 0 Å². The molecular formula is C19H24ClNO2S. The second-order valence-corrected chi connectivity index (χ2v) is 8.89. The number of aryl methyl sites for hydroxylation is 1. The molecule has 0 N–H and O–H groups in total. The number of sulfonamides is 1. The van der Waals surface area contributed by atoms with Crippen molar-refractivity contribution in [3.8, 4) is 0 Å². The summed E-state index contributed by atoms with van der Waals surface area (Å²) in [5.41, 5.74) is 1.15.